The zero-order valence-electron chi connectivity index (χ0n) is 27.3. The molecule has 6 rings (SSSR count). The number of carboxylic acid groups (broad SMARTS) is 1. The van der Waals surface area contributed by atoms with Crippen LogP contribution in [0.4, 0.5) is 0 Å². The molecule has 3 aromatic rings. The summed E-state index contributed by atoms with van der Waals surface area (Å²) in [6.07, 6.45) is 3.05. The van der Waals surface area contributed by atoms with E-state index in [1.807, 2.05) is 39.8 Å². The first-order chi connectivity index (χ1) is 21.5. The van der Waals surface area contributed by atoms with E-state index in [0.717, 1.165) is 34.4 Å². The number of aliphatic hydroxyl groups is 2. The molecular formula is C36H38MgN4O5-2. The van der Waals surface area contributed by atoms with Gasteiger partial charge in [0.15, 0.2) is 0 Å². The normalized spacial score (nSPS) is 17.7. The van der Waals surface area contributed by atoms with Crippen LogP contribution in [0.3, 0.4) is 0 Å². The van der Waals surface area contributed by atoms with E-state index in [1.54, 1.807) is 13.0 Å². The van der Waals surface area contributed by atoms with Crippen molar-refractivity contribution >= 4 is 74.1 Å². The summed E-state index contributed by atoms with van der Waals surface area (Å²) in [5.41, 5.74) is 11.1. The van der Waals surface area contributed by atoms with Crippen molar-refractivity contribution in [3.05, 3.63) is 68.3 Å². The molecule has 1 aliphatic carbocycles. The number of nitrogens with zero attached hydrogens (tertiary/aromatic N) is 4. The van der Waals surface area contributed by atoms with Gasteiger partial charge in [-0.25, -0.2) is 4.98 Å². The molecule has 3 atom stereocenters. The summed E-state index contributed by atoms with van der Waals surface area (Å²) in [4.78, 5) is 31.7. The predicted octanol–water partition coefficient (Wildman–Crippen LogP) is 3.72. The monoisotopic (exact) mass is 630 g/mol. The summed E-state index contributed by atoms with van der Waals surface area (Å²) in [5.74, 6) is -1.72. The molecule has 0 radical (unpaired) electrons. The van der Waals surface area contributed by atoms with E-state index in [4.69, 9.17) is 19.9 Å². The fourth-order valence-corrected chi connectivity index (χ4v) is 7.49. The Bertz CT molecular complexity index is 1970. The number of hydrogen-bond donors (Lipinski definition) is 2. The summed E-state index contributed by atoms with van der Waals surface area (Å²) < 4.78 is 0. The minimum Gasteiger partial charge on any atom is -0.872 e. The van der Waals surface area contributed by atoms with Gasteiger partial charge in [0.05, 0.1) is 29.8 Å². The molecule has 10 heteroatoms. The number of carbonyl (C=O) groups excluding carboxylic acids is 1. The van der Waals surface area contributed by atoms with Crippen LogP contribution in [0.15, 0.2) is 12.1 Å². The van der Waals surface area contributed by atoms with E-state index in [9.17, 15) is 25.2 Å². The molecule has 2 aliphatic heterocycles. The Hall–Kier alpha value is -3.44. The molecule has 0 fully saturated rings. The van der Waals surface area contributed by atoms with E-state index < -0.39 is 12.1 Å². The SMILES string of the molecule is CCCC1=C(CO)c2cc3[n-]c(c(C)c4nc(c5c6[n-]c(cc1n2)c(CC)c6C([O-])=C5)[C@@H](CCC(=O)[O-])[C@@H]4C)c(C)c3C(C)O.[Mg+2]. The second-order valence-electron chi connectivity index (χ2n) is 12.4. The van der Waals surface area contributed by atoms with Gasteiger partial charge in [-0.3, -0.25) is 4.98 Å². The van der Waals surface area contributed by atoms with Gasteiger partial charge in [-0.1, -0.05) is 56.5 Å². The summed E-state index contributed by atoms with van der Waals surface area (Å²) >= 11 is 0. The fourth-order valence-electron chi connectivity index (χ4n) is 7.49. The van der Waals surface area contributed by atoms with Crippen LogP contribution in [0.25, 0.3) is 45.0 Å². The van der Waals surface area contributed by atoms with Gasteiger partial charge in [0.25, 0.3) is 0 Å². The zero-order valence-corrected chi connectivity index (χ0v) is 28.7. The van der Waals surface area contributed by atoms with Crippen molar-refractivity contribution < 1.29 is 25.2 Å². The molecule has 8 bridgehead atoms. The number of aromatic nitrogens is 4. The average molecular weight is 631 g/mol. The van der Waals surface area contributed by atoms with Crippen molar-refractivity contribution in [3.8, 4) is 0 Å². The Kier molecular flexibility index (Phi) is 9.57. The molecule has 0 amide bonds. The van der Waals surface area contributed by atoms with Gasteiger partial charge >= 0.3 is 23.1 Å². The maximum absolute atomic E-state index is 13.6. The second-order valence-corrected chi connectivity index (χ2v) is 12.4. The van der Waals surface area contributed by atoms with Crippen LogP contribution in [0.1, 0.15) is 127 Å². The summed E-state index contributed by atoms with van der Waals surface area (Å²) in [5, 5.41) is 46.6. The van der Waals surface area contributed by atoms with E-state index in [2.05, 4.69) is 6.92 Å². The van der Waals surface area contributed by atoms with Gasteiger partial charge in [-0.15, -0.1) is 27.8 Å². The molecule has 0 saturated heterocycles. The maximum Gasteiger partial charge on any atom is 2.00 e. The second kappa shape index (κ2) is 13.0. The van der Waals surface area contributed by atoms with Gasteiger partial charge in [0.1, 0.15) is 0 Å². The number of rotatable bonds is 8. The molecule has 0 aromatic carbocycles. The Morgan fingerprint density at radius 2 is 1.70 bits per heavy atom. The van der Waals surface area contributed by atoms with Gasteiger partial charge in [-0.05, 0) is 74.3 Å². The van der Waals surface area contributed by atoms with Crippen molar-refractivity contribution in [1.29, 1.82) is 0 Å². The van der Waals surface area contributed by atoms with Crippen molar-refractivity contribution in [2.75, 3.05) is 6.61 Å². The van der Waals surface area contributed by atoms with Crippen molar-refractivity contribution in [3.63, 3.8) is 0 Å². The minimum absolute atomic E-state index is 0. The van der Waals surface area contributed by atoms with Gasteiger partial charge in [0.2, 0.25) is 0 Å². The smallest absolute Gasteiger partial charge is 0.872 e. The van der Waals surface area contributed by atoms with Crippen LogP contribution in [0, 0.1) is 13.8 Å². The van der Waals surface area contributed by atoms with Crippen LogP contribution >= 0.6 is 0 Å². The largest absolute Gasteiger partial charge is 2.00 e. The van der Waals surface area contributed by atoms with Crippen molar-refractivity contribution in [2.45, 2.75) is 91.6 Å². The first kappa shape index (κ1) is 33.9. The van der Waals surface area contributed by atoms with E-state index in [1.165, 1.54) is 0 Å². The number of hydrogen-bond acceptors (Lipinski definition) is 7. The van der Waals surface area contributed by atoms with Gasteiger partial charge < -0.3 is 35.2 Å². The number of allylic oxidation sites excluding steroid dienone is 1. The molecule has 2 N–H and O–H groups in total. The van der Waals surface area contributed by atoms with E-state index >= 15 is 0 Å². The minimum atomic E-state index is -1.13. The number of aryl methyl sites for hydroxylation is 3. The third kappa shape index (κ3) is 5.38. The Morgan fingerprint density at radius 1 is 1.02 bits per heavy atom. The van der Waals surface area contributed by atoms with Crippen LogP contribution in [-0.4, -0.2) is 55.8 Å². The Balaban J connectivity index is 0.00000417. The number of carbonyl (C=O) groups is 1. The summed E-state index contributed by atoms with van der Waals surface area (Å²) in [6, 6.07) is 3.74. The molecule has 0 spiro atoms. The summed E-state index contributed by atoms with van der Waals surface area (Å²) in [7, 11) is 0. The Morgan fingerprint density at radius 3 is 2.33 bits per heavy atom. The first-order valence-corrected chi connectivity index (χ1v) is 15.8. The van der Waals surface area contributed by atoms with Crippen LogP contribution in [-0.2, 0) is 11.2 Å². The number of fused-ring (bicyclic) bond motifs is 8. The topological polar surface area (TPSA) is 158 Å². The quantitative estimate of drug-likeness (QED) is 0.354. The third-order valence-corrected chi connectivity index (χ3v) is 9.63. The molecule has 3 aliphatic rings. The molecule has 9 nitrogen and oxygen atoms in total. The maximum atomic E-state index is 13.6. The van der Waals surface area contributed by atoms with Gasteiger partial charge in [0, 0.05) is 29.1 Å². The zero-order chi connectivity index (χ0) is 32.3. The number of aliphatic carboxylic acids is 1. The Labute approximate surface area is 284 Å². The molecule has 1 unspecified atom stereocenters. The van der Waals surface area contributed by atoms with Crippen LogP contribution in [0.2, 0.25) is 0 Å². The van der Waals surface area contributed by atoms with Gasteiger partial charge in [-0.2, -0.15) is 0 Å². The number of aliphatic hydroxyl groups excluding tert-OH is 2. The van der Waals surface area contributed by atoms with E-state index in [-0.39, 0.29) is 53.7 Å². The van der Waals surface area contributed by atoms with Crippen molar-refractivity contribution in [1.82, 2.24) is 19.9 Å². The molecular weight excluding hydrogens is 593 g/mol. The molecule has 5 heterocycles. The standard InChI is InChI=1S/C36H41N4O5.Mg/c1-7-9-22-24(15-41)27-14-28-31(19(6)42)17(4)34(39-28)18(5)33-16(3)21(10-11-30(44)45)35(40-33)23-12-29(43)32-20(8-2)25(38-36(23)32)13-26(22)37-27;/h12-14,16,19,21,41-42H,7-11,15H2,1-6H3,(H3-,37,38,39,40,43,44,45);/q-1;+2/p-3/t16-,19?,21-;/m0./s1. The third-order valence-electron chi connectivity index (χ3n) is 9.63. The molecule has 0 saturated carbocycles. The van der Waals surface area contributed by atoms with Crippen molar-refractivity contribution in [2.24, 2.45) is 0 Å². The van der Waals surface area contributed by atoms with Crippen LogP contribution < -0.4 is 20.2 Å². The molecule has 46 heavy (non-hydrogen) atoms. The first-order valence-electron chi connectivity index (χ1n) is 15.8. The number of carboxylic acids is 1. The van der Waals surface area contributed by atoms with Crippen LogP contribution in [0.5, 0.6) is 0 Å². The van der Waals surface area contributed by atoms with E-state index in [0.29, 0.717) is 80.7 Å². The molecule has 236 valence electrons. The average Bonchev–Trinajstić information content (AvgIpc) is 3.76. The fraction of sp³-hybridized carbons (Fsp3) is 0.417. The molecule has 3 aromatic heterocycles. The summed E-state index contributed by atoms with van der Waals surface area (Å²) in [6.45, 7) is 11.5. The predicted molar refractivity (Wildman–Crippen MR) is 176 cm³/mol.